The molecule has 2 amide bonds. The van der Waals surface area contributed by atoms with Crippen molar-refractivity contribution in [2.75, 3.05) is 6.54 Å². The van der Waals surface area contributed by atoms with Crippen molar-refractivity contribution < 1.29 is 19.1 Å². The number of ether oxygens (including phenoxy) is 1. The predicted molar refractivity (Wildman–Crippen MR) is 139 cm³/mol. The maximum atomic E-state index is 12.7. The Bertz CT molecular complexity index is 1460. The van der Waals surface area contributed by atoms with Crippen molar-refractivity contribution in [1.82, 2.24) is 10.7 Å². The van der Waals surface area contributed by atoms with E-state index < -0.39 is 11.9 Å². The SMILES string of the molecule is Cc1ccc(C(=O)Oc2ccc3ccccc3c2/C=N\NC(=O)CNC(=O)c2cccc(C)c2)cc1. The number of amides is 2. The standard InChI is InChI=1S/C29H25N3O4/c1-19-10-12-22(13-11-19)29(35)36-26-15-14-21-7-3-4-9-24(21)25(26)17-31-32-27(33)18-30-28(34)23-8-5-6-20(2)16-23/h3-17H,18H2,1-2H3,(H,30,34)(H,32,33)/b31-17-. The molecule has 7 heteroatoms. The first-order valence-corrected chi connectivity index (χ1v) is 11.4. The van der Waals surface area contributed by atoms with Gasteiger partial charge in [-0.05, 0) is 55.0 Å². The molecule has 36 heavy (non-hydrogen) atoms. The van der Waals surface area contributed by atoms with Crippen molar-refractivity contribution in [2.45, 2.75) is 13.8 Å². The molecule has 0 heterocycles. The summed E-state index contributed by atoms with van der Waals surface area (Å²) in [5, 5.41) is 8.34. The third-order valence-corrected chi connectivity index (χ3v) is 5.49. The van der Waals surface area contributed by atoms with Crippen LogP contribution in [0.25, 0.3) is 10.8 Å². The Kier molecular flexibility index (Phi) is 7.51. The van der Waals surface area contributed by atoms with E-state index in [0.717, 1.165) is 21.9 Å². The molecular weight excluding hydrogens is 454 g/mol. The highest BCUT2D eigenvalue weighted by atomic mass is 16.5. The summed E-state index contributed by atoms with van der Waals surface area (Å²) < 4.78 is 5.67. The average molecular weight is 480 g/mol. The Hall–Kier alpha value is -4.78. The van der Waals surface area contributed by atoms with Crippen molar-refractivity contribution in [1.29, 1.82) is 0 Å². The number of fused-ring (bicyclic) bond motifs is 1. The van der Waals surface area contributed by atoms with Gasteiger partial charge in [0.25, 0.3) is 11.8 Å². The molecule has 0 spiro atoms. The molecule has 4 aromatic rings. The normalized spacial score (nSPS) is 10.8. The number of benzene rings is 4. The molecule has 0 aliphatic carbocycles. The van der Waals surface area contributed by atoms with E-state index in [-0.39, 0.29) is 12.5 Å². The summed E-state index contributed by atoms with van der Waals surface area (Å²) in [6.45, 7) is 3.59. The molecule has 2 N–H and O–H groups in total. The summed E-state index contributed by atoms with van der Waals surface area (Å²) in [6.07, 6.45) is 1.43. The lowest BCUT2D eigenvalue weighted by molar-refractivity contribution is -0.120. The minimum Gasteiger partial charge on any atom is -0.422 e. The van der Waals surface area contributed by atoms with Gasteiger partial charge in [0.2, 0.25) is 0 Å². The zero-order valence-electron chi connectivity index (χ0n) is 19.9. The molecule has 0 atom stereocenters. The van der Waals surface area contributed by atoms with Gasteiger partial charge in [-0.3, -0.25) is 9.59 Å². The Labute approximate surface area is 208 Å². The number of hydrogen-bond acceptors (Lipinski definition) is 5. The van der Waals surface area contributed by atoms with E-state index in [0.29, 0.717) is 22.4 Å². The summed E-state index contributed by atoms with van der Waals surface area (Å²) in [4.78, 5) is 37.2. The minimum absolute atomic E-state index is 0.241. The number of hydrazone groups is 1. The molecule has 0 bridgehead atoms. The van der Waals surface area contributed by atoms with Crippen LogP contribution in [0.3, 0.4) is 0 Å². The van der Waals surface area contributed by atoms with Gasteiger partial charge in [0.1, 0.15) is 5.75 Å². The second-order valence-corrected chi connectivity index (χ2v) is 8.30. The Balaban J connectivity index is 1.47. The Morgan fingerprint density at radius 3 is 2.39 bits per heavy atom. The van der Waals surface area contributed by atoms with Crippen LogP contribution in [0.5, 0.6) is 5.75 Å². The smallest absolute Gasteiger partial charge is 0.343 e. The van der Waals surface area contributed by atoms with Crippen molar-refractivity contribution in [2.24, 2.45) is 5.10 Å². The van der Waals surface area contributed by atoms with Gasteiger partial charge in [-0.15, -0.1) is 0 Å². The van der Waals surface area contributed by atoms with Crippen LogP contribution in [0.4, 0.5) is 0 Å². The third-order valence-electron chi connectivity index (χ3n) is 5.49. The lowest BCUT2D eigenvalue weighted by atomic mass is 10.0. The minimum atomic E-state index is -0.497. The molecule has 0 fully saturated rings. The molecule has 0 aromatic heterocycles. The molecule has 0 saturated carbocycles. The first-order valence-electron chi connectivity index (χ1n) is 11.4. The number of hydrogen-bond donors (Lipinski definition) is 2. The first kappa shape index (κ1) is 24.3. The van der Waals surface area contributed by atoms with E-state index in [9.17, 15) is 14.4 Å². The number of carbonyl (C=O) groups is 3. The zero-order valence-corrected chi connectivity index (χ0v) is 19.9. The monoisotopic (exact) mass is 479 g/mol. The number of nitrogens with one attached hydrogen (secondary N) is 2. The summed E-state index contributed by atoms with van der Waals surface area (Å²) in [5.41, 5.74) is 5.83. The Morgan fingerprint density at radius 2 is 1.61 bits per heavy atom. The molecule has 0 radical (unpaired) electrons. The second-order valence-electron chi connectivity index (χ2n) is 8.30. The fourth-order valence-corrected chi connectivity index (χ4v) is 3.60. The first-order chi connectivity index (χ1) is 17.4. The third kappa shape index (κ3) is 6.01. The van der Waals surface area contributed by atoms with Crippen LogP contribution < -0.4 is 15.5 Å². The highest BCUT2D eigenvalue weighted by molar-refractivity contribution is 6.04. The zero-order chi connectivity index (χ0) is 25.5. The molecule has 4 aromatic carbocycles. The van der Waals surface area contributed by atoms with Crippen LogP contribution in [-0.2, 0) is 4.79 Å². The lowest BCUT2D eigenvalue weighted by Gasteiger charge is -2.11. The van der Waals surface area contributed by atoms with Gasteiger partial charge >= 0.3 is 5.97 Å². The van der Waals surface area contributed by atoms with Gasteiger partial charge in [0.05, 0.1) is 18.3 Å². The topological polar surface area (TPSA) is 96.9 Å². The van der Waals surface area contributed by atoms with Crippen LogP contribution in [-0.4, -0.2) is 30.5 Å². The highest BCUT2D eigenvalue weighted by Gasteiger charge is 2.14. The van der Waals surface area contributed by atoms with Gasteiger partial charge in [0.15, 0.2) is 0 Å². The molecule has 7 nitrogen and oxygen atoms in total. The van der Waals surface area contributed by atoms with E-state index in [4.69, 9.17) is 4.74 Å². The van der Waals surface area contributed by atoms with Crippen LogP contribution in [0, 0.1) is 13.8 Å². The van der Waals surface area contributed by atoms with E-state index in [2.05, 4.69) is 15.8 Å². The van der Waals surface area contributed by atoms with Crippen molar-refractivity contribution >= 4 is 34.8 Å². The number of nitrogens with zero attached hydrogens (tertiary/aromatic N) is 1. The van der Waals surface area contributed by atoms with Gasteiger partial charge < -0.3 is 10.1 Å². The molecule has 180 valence electrons. The molecule has 0 saturated heterocycles. The van der Waals surface area contributed by atoms with Crippen molar-refractivity contribution in [3.63, 3.8) is 0 Å². The number of esters is 1. The van der Waals surface area contributed by atoms with Crippen molar-refractivity contribution in [3.8, 4) is 5.75 Å². The summed E-state index contributed by atoms with van der Waals surface area (Å²) in [6, 6.07) is 25.3. The second kappa shape index (κ2) is 11.1. The average Bonchev–Trinajstić information content (AvgIpc) is 2.88. The predicted octanol–water partition coefficient (Wildman–Crippen LogP) is 4.56. The lowest BCUT2D eigenvalue weighted by Crippen LogP contribution is -2.34. The van der Waals surface area contributed by atoms with Gasteiger partial charge in [0, 0.05) is 11.1 Å². The fraction of sp³-hybridized carbons (Fsp3) is 0.103. The molecule has 0 aliphatic heterocycles. The largest absolute Gasteiger partial charge is 0.422 e. The quantitative estimate of drug-likeness (QED) is 0.176. The van der Waals surface area contributed by atoms with Crippen LogP contribution in [0.1, 0.15) is 37.4 Å². The summed E-state index contributed by atoms with van der Waals surface area (Å²) in [5.74, 6) is -1.03. The maximum Gasteiger partial charge on any atom is 0.343 e. The van der Waals surface area contributed by atoms with Gasteiger partial charge in [-0.1, -0.05) is 65.7 Å². The molecule has 4 rings (SSSR count). The van der Waals surface area contributed by atoms with Crippen LogP contribution in [0.15, 0.2) is 90.0 Å². The van der Waals surface area contributed by atoms with Gasteiger partial charge in [-0.2, -0.15) is 5.10 Å². The fourth-order valence-electron chi connectivity index (χ4n) is 3.60. The number of rotatable bonds is 7. The van der Waals surface area contributed by atoms with E-state index >= 15 is 0 Å². The number of aryl methyl sites for hydroxylation is 2. The maximum absolute atomic E-state index is 12.7. The van der Waals surface area contributed by atoms with E-state index in [1.807, 2.05) is 62.4 Å². The summed E-state index contributed by atoms with van der Waals surface area (Å²) in [7, 11) is 0. The molecular formula is C29H25N3O4. The highest BCUT2D eigenvalue weighted by Crippen LogP contribution is 2.27. The van der Waals surface area contributed by atoms with E-state index in [1.165, 1.54) is 6.21 Å². The van der Waals surface area contributed by atoms with Crippen LogP contribution >= 0.6 is 0 Å². The van der Waals surface area contributed by atoms with Crippen molar-refractivity contribution in [3.05, 3.63) is 113 Å². The summed E-state index contributed by atoms with van der Waals surface area (Å²) >= 11 is 0. The molecule has 0 unspecified atom stereocenters. The van der Waals surface area contributed by atoms with Crippen LogP contribution in [0.2, 0.25) is 0 Å². The van der Waals surface area contributed by atoms with Gasteiger partial charge in [-0.25, -0.2) is 10.2 Å². The number of carbonyl (C=O) groups excluding carboxylic acids is 3. The Morgan fingerprint density at radius 1 is 0.833 bits per heavy atom. The van der Waals surface area contributed by atoms with E-state index in [1.54, 1.807) is 36.4 Å². The molecule has 0 aliphatic rings.